The van der Waals surface area contributed by atoms with Crippen LogP contribution in [0.2, 0.25) is 0 Å². The molecule has 0 saturated carbocycles. The van der Waals surface area contributed by atoms with Crippen LogP contribution in [-0.4, -0.2) is 18.3 Å². The second-order valence-electron chi connectivity index (χ2n) is 8.92. The van der Waals surface area contributed by atoms with Crippen molar-refractivity contribution in [1.29, 1.82) is 0 Å². The highest BCUT2D eigenvalue weighted by atomic mass is 16.7. The molecular formula is C29H34N4O2. The molecule has 6 nitrogen and oxygen atoms in total. The Kier molecular flexibility index (Phi) is 8.16. The molecule has 0 bridgehead atoms. The Bertz CT molecular complexity index is 1130. The van der Waals surface area contributed by atoms with Gasteiger partial charge < -0.3 is 10.6 Å². The van der Waals surface area contributed by atoms with Crippen molar-refractivity contribution in [2.75, 3.05) is 11.9 Å². The van der Waals surface area contributed by atoms with Crippen LogP contribution in [0, 0.1) is 5.92 Å². The number of rotatable bonds is 10. The van der Waals surface area contributed by atoms with E-state index in [4.69, 9.17) is 9.83 Å². The number of hydrogen-bond acceptors (Lipinski definition) is 5. The van der Waals surface area contributed by atoms with Crippen molar-refractivity contribution in [2.24, 2.45) is 10.9 Å². The lowest BCUT2D eigenvalue weighted by Gasteiger charge is -2.26. The third kappa shape index (κ3) is 6.08. The van der Waals surface area contributed by atoms with Crippen molar-refractivity contribution >= 4 is 17.4 Å². The molecule has 0 radical (unpaired) electrons. The molecule has 1 amide bonds. The van der Waals surface area contributed by atoms with Crippen LogP contribution in [0.4, 0.5) is 5.69 Å². The molecule has 182 valence electrons. The van der Waals surface area contributed by atoms with Gasteiger partial charge in [-0.3, -0.25) is 4.79 Å². The van der Waals surface area contributed by atoms with Crippen LogP contribution in [0.1, 0.15) is 72.9 Å². The summed E-state index contributed by atoms with van der Waals surface area (Å²) in [7, 11) is 0. The standard InChI is InChI=1S/C29H34N4O2/c1-4-19-30-28(34)23-15-17-25(18-16-23)31-26(20(3)5-2)21-11-13-22(14-12-21)27-32-29(35-33-27)24-9-7-6-8-10-24/h6-18,20,26,29,31H,4-5,19H2,1-3H3,(H,30,34)(H,32,33). The maximum Gasteiger partial charge on any atom is 0.251 e. The molecule has 0 saturated heterocycles. The third-order valence-electron chi connectivity index (χ3n) is 6.36. The Balaban J connectivity index is 1.47. The minimum atomic E-state index is -0.340. The lowest BCUT2D eigenvalue weighted by molar-refractivity contribution is 0.0377. The number of aliphatic imine (C=N–C) groups is 1. The molecule has 1 aliphatic rings. The first-order chi connectivity index (χ1) is 17.1. The van der Waals surface area contributed by atoms with Crippen LogP contribution in [0.3, 0.4) is 0 Å². The molecule has 3 aromatic rings. The summed E-state index contributed by atoms with van der Waals surface area (Å²) < 4.78 is 0. The van der Waals surface area contributed by atoms with E-state index >= 15 is 0 Å². The molecule has 3 atom stereocenters. The van der Waals surface area contributed by atoms with Gasteiger partial charge >= 0.3 is 0 Å². The lowest BCUT2D eigenvalue weighted by Crippen LogP contribution is -2.24. The Morgan fingerprint density at radius 3 is 2.37 bits per heavy atom. The molecule has 1 aliphatic heterocycles. The second-order valence-corrected chi connectivity index (χ2v) is 8.92. The summed E-state index contributed by atoms with van der Waals surface area (Å²) in [4.78, 5) is 22.6. The minimum Gasteiger partial charge on any atom is -0.378 e. The fraction of sp³-hybridized carbons (Fsp3) is 0.310. The molecule has 0 aliphatic carbocycles. The molecule has 0 aromatic heterocycles. The molecular weight excluding hydrogens is 436 g/mol. The Morgan fingerprint density at radius 1 is 1.00 bits per heavy atom. The highest BCUT2D eigenvalue weighted by Gasteiger charge is 2.22. The highest BCUT2D eigenvalue weighted by molar-refractivity contribution is 5.99. The number of benzene rings is 3. The molecule has 3 aromatic carbocycles. The van der Waals surface area contributed by atoms with Crippen LogP contribution >= 0.6 is 0 Å². The van der Waals surface area contributed by atoms with Crippen LogP contribution in [0.5, 0.6) is 0 Å². The number of amidine groups is 1. The maximum atomic E-state index is 12.2. The minimum absolute atomic E-state index is 0.0330. The number of amides is 1. The monoisotopic (exact) mass is 470 g/mol. The van der Waals surface area contributed by atoms with Crippen molar-refractivity contribution in [3.8, 4) is 0 Å². The van der Waals surface area contributed by atoms with E-state index in [-0.39, 0.29) is 18.2 Å². The molecule has 3 N–H and O–H groups in total. The molecule has 0 spiro atoms. The van der Waals surface area contributed by atoms with E-state index < -0.39 is 0 Å². The van der Waals surface area contributed by atoms with E-state index in [2.05, 4.69) is 54.2 Å². The SMILES string of the molecule is CCCNC(=O)c1ccc(NC(c2ccc(C3=NC(c4ccccc4)ON3)cc2)C(C)CC)cc1. The molecule has 3 unspecified atom stereocenters. The fourth-order valence-electron chi connectivity index (χ4n) is 4.05. The topological polar surface area (TPSA) is 74.8 Å². The Labute approximate surface area is 207 Å². The van der Waals surface area contributed by atoms with Gasteiger partial charge in [-0.25, -0.2) is 15.3 Å². The van der Waals surface area contributed by atoms with E-state index in [0.29, 0.717) is 18.0 Å². The van der Waals surface area contributed by atoms with Crippen molar-refractivity contribution in [2.45, 2.75) is 45.9 Å². The van der Waals surface area contributed by atoms with Crippen molar-refractivity contribution in [3.63, 3.8) is 0 Å². The quantitative estimate of drug-likeness (QED) is 0.339. The zero-order valence-electron chi connectivity index (χ0n) is 20.6. The number of carbonyl (C=O) groups is 1. The van der Waals surface area contributed by atoms with Crippen molar-refractivity contribution < 1.29 is 9.63 Å². The van der Waals surface area contributed by atoms with Crippen molar-refractivity contribution in [1.82, 2.24) is 10.8 Å². The average molecular weight is 471 g/mol. The summed E-state index contributed by atoms with van der Waals surface area (Å²) in [5.74, 6) is 1.12. The van der Waals surface area contributed by atoms with Gasteiger partial charge in [0.1, 0.15) is 0 Å². The van der Waals surface area contributed by atoms with E-state index in [9.17, 15) is 4.79 Å². The van der Waals surface area contributed by atoms with Crippen molar-refractivity contribution in [3.05, 3.63) is 101 Å². The molecule has 6 heteroatoms. The van der Waals surface area contributed by atoms with Crippen LogP contribution in [-0.2, 0) is 4.84 Å². The number of anilines is 1. The smallest absolute Gasteiger partial charge is 0.251 e. The van der Waals surface area contributed by atoms with Gasteiger partial charge in [0.05, 0.1) is 6.04 Å². The van der Waals surface area contributed by atoms with E-state index in [1.807, 2.05) is 61.5 Å². The van der Waals surface area contributed by atoms with Gasteiger partial charge in [0.25, 0.3) is 5.91 Å². The Hall–Kier alpha value is -3.64. The number of carbonyl (C=O) groups excluding carboxylic acids is 1. The van der Waals surface area contributed by atoms with Gasteiger partial charge in [0, 0.05) is 28.9 Å². The number of hydroxylamine groups is 1. The van der Waals surface area contributed by atoms with Crippen LogP contribution in [0.15, 0.2) is 83.9 Å². The summed E-state index contributed by atoms with van der Waals surface area (Å²) >= 11 is 0. The summed E-state index contributed by atoms with van der Waals surface area (Å²) in [6.45, 7) is 7.18. The first-order valence-electron chi connectivity index (χ1n) is 12.4. The molecule has 1 heterocycles. The zero-order valence-corrected chi connectivity index (χ0v) is 20.6. The number of nitrogens with one attached hydrogen (secondary N) is 3. The zero-order chi connectivity index (χ0) is 24.6. The molecule has 4 rings (SSSR count). The number of hydrogen-bond donors (Lipinski definition) is 3. The summed E-state index contributed by atoms with van der Waals surface area (Å²) in [6, 6.07) is 26.2. The first-order valence-corrected chi connectivity index (χ1v) is 12.4. The first kappa shape index (κ1) is 24.5. The number of nitrogens with zero attached hydrogens (tertiary/aromatic N) is 1. The summed E-state index contributed by atoms with van der Waals surface area (Å²) in [6.07, 6.45) is 1.62. The largest absolute Gasteiger partial charge is 0.378 e. The third-order valence-corrected chi connectivity index (χ3v) is 6.36. The van der Waals surface area contributed by atoms with Gasteiger partial charge in [-0.2, -0.15) is 0 Å². The molecule has 35 heavy (non-hydrogen) atoms. The summed E-state index contributed by atoms with van der Waals surface area (Å²) in [5, 5.41) is 6.59. The summed E-state index contributed by atoms with van der Waals surface area (Å²) in [5.41, 5.74) is 7.84. The van der Waals surface area contributed by atoms with E-state index in [1.54, 1.807) is 0 Å². The van der Waals surface area contributed by atoms with E-state index in [0.717, 1.165) is 35.5 Å². The van der Waals surface area contributed by atoms with Crippen LogP contribution in [0.25, 0.3) is 0 Å². The predicted octanol–water partition coefficient (Wildman–Crippen LogP) is 6.01. The van der Waals surface area contributed by atoms with E-state index in [1.165, 1.54) is 5.56 Å². The van der Waals surface area contributed by atoms with Gasteiger partial charge in [-0.1, -0.05) is 81.8 Å². The predicted molar refractivity (Wildman–Crippen MR) is 141 cm³/mol. The second kappa shape index (κ2) is 11.7. The fourth-order valence-corrected chi connectivity index (χ4v) is 4.05. The van der Waals surface area contributed by atoms with Gasteiger partial charge in [-0.05, 0) is 42.2 Å². The normalized spacial score (nSPS) is 16.7. The Morgan fingerprint density at radius 2 is 1.71 bits per heavy atom. The highest BCUT2D eigenvalue weighted by Crippen LogP contribution is 2.30. The average Bonchev–Trinajstić information content (AvgIpc) is 3.41. The van der Waals surface area contributed by atoms with Gasteiger partial charge in [-0.15, -0.1) is 0 Å². The maximum absolute atomic E-state index is 12.2. The van der Waals surface area contributed by atoms with Crippen LogP contribution < -0.4 is 16.1 Å². The van der Waals surface area contributed by atoms with Gasteiger partial charge in [0.2, 0.25) is 6.23 Å². The van der Waals surface area contributed by atoms with Gasteiger partial charge in [0.15, 0.2) is 5.84 Å². The lowest BCUT2D eigenvalue weighted by atomic mass is 9.91. The molecule has 0 fully saturated rings.